The van der Waals surface area contributed by atoms with Crippen LogP contribution in [0.5, 0.6) is 0 Å². The third kappa shape index (κ3) is 17.7. The number of hydrogen-bond donors (Lipinski definition) is 0. The summed E-state index contributed by atoms with van der Waals surface area (Å²) in [5, 5.41) is 0. The zero-order chi connectivity index (χ0) is 32.9. The number of carbonyl (C=O) groups is 2. The Morgan fingerprint density at radius 1 is 0.565 bits per heavy atom. The number of halogens is 2. The van der Waals surface area contributed by atoms with Crippen LogP contribution in [-0.2, 0) is 19.1 Å². The van der Waals surface area contributed by atoms with Gasteiger partial charge in [-0.25, -0.2) is 9.59 Å². The Morgan fingerprint density at radius 3 is 1.17 bits per heavy atom. The van der Waals surface area contributed by atoms with E-state index in [0.29, 0.717) is 57.6 Å². The molecular formula is C38H74Cl2N2O4. The van der Waals surface area contributed by atoms with Gasteiger partial charge in [0.1, 0.15) is 12.2 Å². The van der Waals surface area contributed by atoms with Crippen molar-refractivity contribution in [1.29, 1.82) is 0 Å². The van der Waals surface area contributed by atoms with Crippen molar-refractivity contribution in [3.05, 3.63) is 0 Å². The summed E-state index contributed by atoms with van der Waals surface area (Å²) in [6, 6.07) is 0. The van der Waals surface area contributed by atoms with Crippen LogP contribution in [0.3, 0.4) is 0 Å². The lowest BCUT2D eigenvalue weighted by Crippen LogP contribution is -3.00. The van der Waals surface area contributed by atoms with Crippen LogP contribution >= 0.6 is 0 Å². The monoisotopic (exact) mass is 693 g/mol. The van der Waals surface area contributed by atoms with Gasteiger partial charge < -0.3 is 43.3 Å². The quantitative estimate of drug-likeness (QED) is 0.119. The number of carbonyl (C=O) groups excluding carboxylic acids is 2. The number of quaternary nitrogens is 2. The zero-order valence-electron chi connectivity index (χ0n) is 31.6. The molecule has 0 saturated heterocycles. The van der Waals surface area contributed by atoms with Crippen molar-refractivity contribution in [2.75, 3.05) is 54.4 Å². The molecule has 2 aliphatic carbocycles. The van der Waals surface area contributed by atoms with Crippen molar-refractivity contribution in [3.63, 3.8) is 0 Å². The summed E-state index contributed by atoms with van der Waals surface area (Å²) >= 11 is 0. The van der Waals surface area contributed by atoms with Gasteiger partial charge in [-0.1, -0.05) is 80.1 Å². The number of hydrogen-bond acceptors (Lipinski definition) is 4. The molecule has 6 atom stereocenters. The van der Waals surface area contributed by atoms with Crippen LogP contribution in [-0.4, -0.2) is 87.5 Å². The second-order valence-corrected chi connectivity index (χ2v) is 17.2. The highest BCUT2D eigenvalue weighted by atomic mass is 35.5. The van der Waals surface area contributed by atoms with Crippen molar-refractivity contribution in [1.82, 2.24) is 0 Å². The first-order chi connectivity index (χ1) is 20.6. The van der Waals surface area contributed by atoms with Gasteiger partial charge in [-0.05, 0) is 86.9 Å². The van der Waals surface area contributed by atoms with Crippen LogP contribution in [0, 0.1) is 35.5 Å². The summed E-state index contributed by atoms with van der Waals surface area (Å²) in [6.45, 7) is 16.6. The normalized spacial score (nSPS) is 25.5. The molecule has 0 aliphatic heterocycles. The molecule has 2 fully saturated rings. The van der Waals surface area contributed by atoms with Gasteiger partial charge in [0, 0.05) is 0 Å². The van der Waals surface area contributed by atoms with Gasteiger partial charge in [0.05, 0.1) is 41.3 Å². The maximum absolute atomic E-state index is 12.8. The van der Waals surface area contributed by atoms with Crippen LogP contribution in [0.1, 0.15) is 131 Å². The van der Waals surface area contributed by atoms with Gasteiger partial charge in [0.15, 0.2) is 13.1 Å². The summed E-state index contributed by atoms with van der Waals surface area (Å²) in [5.74, 6) is 3.42. The third-order valence-corrected chi connectivity index (χ3v) is 10.9. The Bertz CT molecular complexity index is 783. The molecule has 274 valence electrons. The van der Waals surface area contributed by atoms with Gasteiger partial charge in [-0.15, -0.1) is 0 Å². The molecule has 0 aromatic rings. The van der Waals surface area contributed by atoms with E-state index in [1.54, 1.807) is 0 Å². The largest absolute Gasteiger partial charge is 1.00 e. The van der Waals surface area contributed by atoms with E-state index in [4.69, 9.17) is 9.47 Å². The Kier molecular flexibility index (Phi) is 21.9. The van der Waals surface area contributed by atoms with Crippen molar-refractivity contribution < 1.29 is 52.8 Å². The van der Waals surface area contributed by atoms with E-state index in [0.717, 1.165) is 38.8 Å². The van der Waals surface area contributed by atoms with Gasteiger partial charge >= 0.3 is 11.9 Å². The van der Waals surface area contributed by atoms with Crippen LogP contribution < -0.4 is 24.8 Å². The standard InChI is InChI=1S/C38H74N2O4.2ClH/c1-29(2)33-21-19-31(5)25-35(33)43-37(41)27-39(7,8)23-17-15-13-11-12-14-16-18-24-40(9,10)28-38(42)44-36-26-32(6)20-22-34(36)30(3)4;;/h29-36H,11-28H2,1-10H3;2*1H/q+2;;/p-2/t31-,32-,33+,34+,35-,36-;;/m1../s1. The van der Waals surface area contributed by atoms with E-state index in [9.17, 15) is 9.59 Å². The fraction of sp³-hybridized carbons (Fsp3) is 0.947. The van der Waals surface area contributed by atoms with Gasteiger partial charge in [0.25, 0.3) is 0 Å². The number of esters is 2. The molecule has 0 aromatic heterocycles. The molecule has 0 spiro atoms. The number of nitrogens with zero attached hydrogens (tertiary/aromatic N) is 2. The fourth-order valence-electron chi connectivity index (χ4n) is 7.91. The fourth-order valence-corrected chi connectivity index (χ4v) is 7.91. The van der Waals surface area contributed by atoms with E-state index in [1.807, 2.05) is 0 Å². The molecule has 0 aromatic carbocycles. The molecule has 2 rings (SSSR count). The average Bonchev–Trinajstić information content (AvgIpc) is 2.88. The van der Waals surface area contributed by atoms with Crippen LogP contribution in [0.25, 0.3) is 0 Å². The summed E-state index contributed by atoms with van der Waals surface area (Å²) < 4.78 is 13.6. The lowest BCUT2D eigenvalue weighted by molar-refractivity contribution is -0.883. The molecule has 6 nitrogen and oxygen atoms in total. The maximum Gasteiger partial charge on any atom is 0.362 e. The maximum atomic E-state index is 12.8. The lowest BCUT2D eigenvalue weighted by Gasteiger charge is -2.37. The predicted octanol–water partition coefficient (Wildman–Crippen LogP) is 2.28. The number of unbranched alkanes of at least 4 members (excludes halogenated alkanes) is 7. The smallest absolute Gasteiger partial charge is 0.362 e. The number of likely N-dealkylation sites (N-methyl/N-ethyl adjacent to an activating group) is 2. The number of ether oxygens (including phenoxy) is 2. The molecule has 0 heterocycles. The van der Waals surface area contributed by atoms with Crippen molar-refractivity contribution >= 4 is 11.9 Å². The Labute approximate surface area is 297 Å². The molecule has 46 heavy (non-hydrogen) atoms. The highest BCUT2D eigenvalue weighted by Gasteiger charge is 2.36. The van der Waals surface area contributed by atoms with E-state index in [-0.39, 0.29) is 49.0 Å². The first-order valence-corrected chi connectivity index (χ1v) is 18.6. The summed E-state index contributed by atoms with van der Waals surface area (Å²) in [7, 11) is 8.68. The molecule has 0 unspecified atom stereocenters. The predicted molar refractivity (Wildman–Crippen MR) is 183 cm³/mol. The molecule has 2 aliphatic rings. The van der Waals surface area contributed by atoms with Crippen LogP contribution in [0.4, 0.5) is 0 Å². The van der Waals surface area contributed by atoms with Crippen molar-refractivity contribution in [2.24, 2.45) is 35.5 Å². The van der Waals surface area contributed by atoms with Gasteiger partial charge in [-0.2, -0.15) is 0 Å². The summed E-state index contributed by atoms with van der Waals surface area (Å²) in [5.41, 5.74) is 0. The highest BCUT2D eigenvalue weighted by molar-refractivity contribution is 5.71. The zero-order valence-corrected chi connectivity index (χ0v) is 33.1. The molecular weight excluding hydrogens is 619 g/mol. The molecule has 0 amide bonds. The molecule has 8 heteroatoms. The van der Waals surface area contributed by atoms with Crippen LogP contribution in [0.15, 0.2) is 0 Å². The Balaban J connectivity index is 0.0000101. The average molecular weight is 694 g/mol. The van der Waals surface area contributed by atoms with E-state index >= 15 is 0 Å². The SMILES string of the molecule is CC(C)[C@@H]1CC[C@@H](C)C[C@H]1OC(=O)C[N+](C)(C)CCCCCCCCCC[N+](C)(C)CC(=O)O[C@@H]1C[C@H](C)CC[C@H]1C(C)C.[Cl-].[Cl-]. The first-order valence-electron chi connectivity index (χ1n) is 18.6. The molecule has 0 N–H and O–H groups in total. The topological polar surface area (TPSA) is 52.6 Å². The van der Waals surface area contributed by atoms with Gasteiger partial charge in [0.2, 0.25) is 0 Å². The van der Waals surface area contributed by atoms with E-state index in [2.05, 4.69) is 69.7 Å². The van der Waals surface area contributed by atoms with Crippen molar-refractivity contribution in [3.8, 4) is 0 Å². The van der Waals surface area contributed by atoms with Gasteiger partial charge in [-0.3, -0.25) is 0 Å². The minimum atomic E-state index is -0.0166. The second kappa shape index (κ2) is 22.2. The molecule has 0 radical (unpaired) electrons. The first kappa shape index (κ1) is 45.4. The van der Waals surface area contributed by atoms with E-state index < -0.39 is 0 Å². The minimum absolute atomic E-state index is 0. The van der Waals surface area contributed by atoms with Crippen LogP contribution in [0.2, 0.25) is 0 Å². The second-order valence-electron chi connectivity index (χ2n) is 17.2. The lowest BCUT2D eigenvalue weighted by atomic mass is 9.75. The molecule has 0 bridgehead atoms. The third-order valence-electron chi connectivity index (χ3n) is 10.9. The number of rotatable bonds is 19. The summed E-state index contributed by atoms with van der Waals surface area (Å²) in [6.07, 6.45) is 17.0. The Morgan fingerprint density at radius 2 is 0.870 bits per heavy atom. The Hall–Kier alpha value is -0.560. The summed E-state index contributed by atoms with van der Waals surface area (Å²) in [4.78, 5) is 25.7. The van der Waals surface area contributed by atoms with Crippen molar-refractivity contribution in [2.45, 2.75) is 144 Å². The van der Waals surface area contributed by atoms with E-state index in [1.165, 1.54) is 64.2 Å². The minimum Gasteiger partial charge on any atom is -1.00 e. The highest BCUT2D eigenvalue weighted by Crippen LogP contribution is 2.36. The molecule has 2 saturated carbocycles.